The van der Waals surface area contributed by atoms with Crippen LogP contribution in [0.3, 0.4) is 0 Å². The van der Waals surface area contributed by atoms with Gasteiger partial charge in [-0.2, -0.15) is 0 Å². The highest BCUT2D eigenvalue weighted by Crippen LogP contribution is 2.30. The van der Waals surface area contributed by atoms with Crippen LogP contribution in [0.1, 0.15) is 35.1 Å². The number of nitrogens with zero attached hydrogens (tertiary/aromatic N) is 3. The van der Waals surface area contributed by atoms with Gasteiger partial charge in [0.05, 0.1) is 0 Å². The summed E-state index contributed by atoms with van der Waals surface area (Å²) in [4.78, 5) is 57.0. The summed E-state index contributed by atoms with van der Waals surface area (Å²) in [5, 5.41) is 5.61. The van der Waals surface area contributed by atoms with Gasteiger partial charge in [0.2, 0.25) is 23.0 Å². The molecule has 0 unspecified atom stereocenters. The lowest BCUT2D eigenvalue weighted by molar-refractivity contribution is -0.119. The molecule has 48 heavy (non-hydrogen) atoms. The second-order valence-corrected chi connectivity index (χ2v) is 10.9. The fourth-order valence-corrected chi connectivity index (χ4v) is 4.09. The third-order valence-electron chi connectivity index (χ3n) is 6.62. The van der Waals surface area contributed by atoms with E-state index in [-0.39, 0.29) is 42.2 Å². The predicted octanol–water partition coefficient (Wildman–Crippen LogP) is 6.45. The summed E-state index contributed by atoms with van der Waals surface area (Å²) < 4.78 is 23.1. The average Bonchev–Trinajstić information content (AvgIpc) is 3.56. The molecule has 6 aromatic rings. The third kappa shape index (κ3) is 8.15. The Kier molecular flexibility index (Phi) is 10.8. The number of ether oxygens (including phenoxy) is 2. The SMILES string of the molecule is C.CC(C)C(=O)Nc1cccc(Oc2ccnc3[nH]c(=O)oc23)c1.CC(C)C(=O)Nc1cccc(Oc2ccnc3c2oc(=O)n3C)c1. The molecule has 0 aliphatic heterocycles. The van der Waals surface area contributed by atoms with E-state index < -0.39 is 11.5 Å². The molecule has 14 nitrogen and oxygen atoms in total. The number of rotatable bonds is 8. The number of pyridine rings is 2. The number of aromatic amines is 1. The van der Waals surface area contributed by atoms with E-state index in [1.807, 2.05) is 27.7 Å². The molecule has 0 saturated heterocycles. The summed E-state index contributed by atoms with van der Waals surface area (Å²) in [7, 11) is 1.58. The van der Waals surface area contributed by atoms with Crippen molar-refractivity contribution in [3.63, 3.8) is 0 Å². The number of aryl methyl sites for hydroxylation is 1. The molecule has 14 heteroatoms. The van der Waals surface area contributed by atoms with Crippen molar-refractivity contribution in [3.05, 3.63) is 94.2 Å². The van der Waals surface area contributed by atoms with Crippen molar-refractivity contribution in [1.82, 2.24) is 19.5 Å². The molecule has 0 atom stereocenters. The summed E-state index contributed by atoms with van der Waals surface area (Å²) in [6, 6.07) is 17.2. The fraction of sp³-hybridized carbons (Fsp3) is 0.235. The van der Waals surface area contributed by atoms with Crippen LogP contribution in [0.5, 0.6) is 23.0 Å². The topological polar surface area (TPSA) is 184 Å². The molecule has 0 spiro atoms. The van der Waals surface area contributed by atoms with Gasteiger partial charge in [-0.3, -0.25) is 19.1 Å². The second kappa shape index (κ2) is 14.9. The monoisotopic (exact) mass is 656 g/mol. The standard InChI is InChI=1S/C17H17N3O4.C16H15N3O4.CH4/c1-10(2)16(21)19-11-5-4-6-12(9-11)23-13-7-8-18-15-14(13)24-17(22)20(15)3;1-9(2)15(20)18-10-4-3-5-11(8-10)22-12-6-7-17-14-13(12)23-16(21)19-14;/h4-10H,1-3H3,(H,19,21);3-9H,1-2H3,(H,18,20)(H,17,19,21);1H4. The Morgan fingerprint density at radius 1 is 0.771 bits per heavy atom. The van der Waals surface area contributed by atoms with E-state index in [2.05, 4.69) is 25.6 Å². The summed E-state index contributed by atoms with van der Waals surface area (Å²) >= 11 is 0. The van der Waals surface area contributed by atoms with Crippen molar-refractivity contribution in [1.29, 1.82) is 0 Å². The number of hydrogen-bond acceptors (Lipinski definition) is 10. The molecule has 2 amide bonds. The number of benzene rings is 2. The number of carbonyl (C=O) groups excluding carboxylic acids is 2. The molecule has 0 aliphatic carbocycles. The van der Waals surface area contributed by atoms with E-state index in [0.717, 1.165) is 0 Å². The fourth-order valence-electron chi connectivity index (χ4n) is 4.09. The van der Waals surface area contributed by atoms with Crippen molar-refractivity contribution >= 4 is 45.6 Å². The molecule has 0 radical (unpaired) electrons. The minimum absolute atomic E-state index is 0. The Morgan fingerprint density at radius 3 is 1.83 bits per heavy atom. The first-order valence-corrected chi connectivity index (χ1v) is 14.6. The molecule has 250 valence electrons. The number of nitrogens with one attached hydrogen (secondary N) is 3. The van der Waals surface area contributed by atoms with E-state index >= 15 is 0 Å². The molecule has 2 aromatic carbocycles. The van der Waals surface area contributed by atoms with Crippen LogP contribution in [0.15, 0.2) is 91.5 Å². The number of carbonyl (C=O) groups is 2. The van der Waals surface area contributed by atoms with Gasteiger partial charge in [0.15, 0.2) is 22.8 Å². The number of amides is 2. The van der Waals surface area contributed by atoms with Crippen molar-refractivity contribution < 1.29 is 27.9 Å². The molecule has 6 rings (SSSR count). The zero-order valence-corrected chi connectivity index (χ0v) is 26.2. The third-order valence-corrected chi connectivity index (χ3v) is 6.62. The summed E-state index contributed by atoms with van der Waals surface area (Å²) in [6.45, 7) is 7.27. The van der Waals surface area contributed by atoms with Crippen molar-refractivity contribution in [2.75, 3.05) is 10.6 Å². The first kappa shape index (κ1) is 34.7. The lowest BCUT2D eigenvalue weighted by Crippen LogP contribution is -2.17. The van der Waals surface area contributed by atoms with Crippen LogP contribution in [0.4, 0.5) is 11.4 Å². The first-order chi connectivity index (χ1) is 22.5. The van der Waals surface area contributed by atoms with E-state index in [1.165, 1.54) is 17.0 Å². The maximum atomic E-state index is 11.8. The van der Waals surface area contributed by atoms with E-state index in [4.69, 9.17) is 18.3 Å². The number of anilines is 2. The van der Waals surface area contributed by atoms with Crippen LogP contribution >= 0.6 is 0 Å². The lowest BCUT2D eigenvalue weighted by atomic mass is 10.2. The highest BCUT2D eigenvalue weighted by molar-refractivity contribution is 5.93. The van der Waals surface area contributed by atoms with Crippen LogP contribution in [0.25, 0.3) is 22.5 Å². The predicted molar refractivity (Wildman–Crippen MR) is 181 cm³/mol. The van der Waals surface area contributed by atoms with Crippen LogP contribution in [-0.4, -0.2) is 31.3 Å². The number of hydrogen-bond donors (Lipinski definition) is 3. The number of aromatic nitrogens is 4. The van der Waals surface area contributed by atoms with Crippen LogP contribution in [0.2, 0.25) is 0 Å². The molecular weight excluding hydrogens is 620 g/mol. The molecular formula is C34H36N6O8. The van der Waals surface area contributed by atoms with Gasteiger partial charge in [-0.1, -0.05) is 47.3 Å². The van der Waals surface area contributed by atoms with Crippen LogP contribution in [-0.2, 0) is 16.6 Å². The van der Waals surface area contributed by atoms with Gasteiger partial charge in [-0.25, -0.2) is 19.6 Å². The molecule has 0 fully saturated rings. The van der Waals surface area contributed by atoms with E-state index in [9.17, 15) is 19.2 Å². The minimum atomic E-state index is -0.596. The van der Waals surface area contributed by atoms with Gasteiger partial charge in [0.1, 0.15) is 11.5 Å². The van der Waals surface area contributed by atoms with Gasteiger partial charge in [0.25, 0.3) is 0 Å². The van der Waals surface area contributed by atoms with Gasteiger partial charge in [-0.15, -0.1) is 0 Å². The Bertz CT molecular complexity index is 2180. The largest absolute Gasteiger partial charge is 0.453 e. The minimum Gasteiger partial charge on any atom is -0.453 e. The quantitative estimate of drug-likeness (QED) is 0.164. The van der Waals surface area contributed by atoms with Crippen molar-refractivity contribution in [3.8, 4) is 23.0 Å². The maximum Gasteiger partial charge on any atom is 0.421 e. The number of oxazole rings is 2. The van der Waals surface area contributed by atoms with Gasteiger partial charge < -0.3 is 28.9 Å². The Hall–Kier alpha value is -6.18. The van der Waals surface area contributed by atoms with Crippen molar-refractivity contribution in [2.45, 2.75) is 35.1 Å². The zero-order valence-electron chi connectivity index (χ0n) is 26.2. The first-order valence-electron chi connectivity index (χ1n) is 14.6. The lowest BCUT2D eigenvalue weighted by Gasteiger charge is -2.10. The van der Waals surface area contributed by atoms with Crippen LogP contribution < -0.4 is 31.6 Å². The summed E-state index contributed by atoms with van der Waals surface area (Å²) in [6.07, 6.45) is 3.05. The highest BCUT2D eigenvalue weighted by atomic mass is 16.5. The Morgan fingerprint density at radius 2 is 1.29 bits per heavy atom. The summed E-state index contributed by atoms with van der Waals surface area (Å²) in [5.74, 6) is 0.260. The van der Waals surface area contributed by atoms with Crippen molar-refractivity contribution in [2.24, 2.45) is 18.9 Å². The molecule has 0 bridgehead atoms. The van der Waals surface area contributed by atoms with Gasteiger partial charge >= 0.3 is 11.5 Å². The second-order valence-electron chi connectivity index (χ2n) is 10.9. The molecule has 3 N–H and O–H groups in total. The van der Waals surface area contributed by atoms with Gasteiger partial charge in [0, 0.05) is 66.9 Å². The number of fused-ring (bicyclic) bond motifs is 2. The summed E-state index contributed by atoms with van der Waals surface area (Å²) in [5.41, 5.74) is 2.50. The van der Waals surface area contributed by atoms with E-state index in [1.54, 1.807) is 67.7 Å². The molecule has 0 aliphatic rings. The highest BCUT2D eigenvalue weighted by Gasteiger charge is 2.15. The maximum absolute atomic E-state index is 11.8. The number of H-pyrrole nitrogens is 1. The average molecular weight is 657 g/mol. The van der Waals surface area contributed by atoms with E-state index in [0.29, 0.717) is 45.7 Å². The Balaban J connectivity index is 0.000000212. The Labute approximate surface area is 274 Å². The smallest absolute Gasteiger partial charge is 0.421 e. The molecule has 4 aromatic heterocycles. The molecule has 4 heterocycles. The molecule has 0 saturated carbocycles. The van der Waals surface area contributed by atoms with Crippen LogP contribution in [0, 0.1) is 11.8 Å². The zero-order chi connectivity index (χ0) is 33.7. The normalized spacial score (nSPS) is 10.7. The van der Waals surface area contributed by atoms with Gasteiger partial charge in [-0.05, 0) is 24.3 Å².